The predicted molar refractivity (Wildman–Crippen MR) is 105 cm³/mol. The fraction of sp³-hybridized carbons (Fsp3) is 0.0500. The van der Waals surface area contributed by atoms with Crippen molar-refractivity contribution in [3.8, 4) is 0 Å². The summed E-state index contributed by atoms with van der Waals surface area (Å²) in [5.41, 5.74) is 3.92. The van der Waals surface area contributed by atoms with Crippen molar-refractivity contribution in [2.75, 3.05) is 0 Å². The van der Waals surface area contributed by atoms with E-state index in [2.05, 4.69) is 32.3 Å². The molecule has 0 fully saturated rings. The first kappa shape index (κ1) is 15.5. The Bertz CT molecular complexity index is 981. The van der Waals surface area contributed by atoms with Crippen LogP contribution in [0.2, 0.25) is 0 Å². The Morgan fingerprint density at radius 1 is 1.00 bits per heavy atom. The van der Waals surface area contributed by atoms with Gasteiger partial charge in [0.25, 0.3) is 0 Å². The third-order valence-electron chi connectivity index (χ3n) is 3.78. The number of thiophene rings is 1. The summed E-state index contributed by atoms with van der Waals surface area (Å²) >= 11 is 1.64. The summed E-state index contributed by atoms with van der Waals surface area (Å²) in [7, 11) is 0. The lowest BCUT2D eigenvalue weighted by atomic mass is 10.1. The van der Waals surface area contributed by atoms with Gasteiger partial charge >= 0.3 is 0 Å². The molecule has 4 rings (SSSR count). The van der Waals surface area contributed by atoms with Crippen molar-refractivity contribution in [3.63, 3.8) is 0 Å². The minimum absolute atomic E-state index is 0.669. The van der Waals surface area contributed by atoms with Gasteiger partial charge in [0, 0.05) is 11.3 Å². The van der Waals surface area contributed by atoms with Gasteiger partial charge in [-0.1, -0.05) is 48.5 Å². The SMILES string of the molecule is C(=N/N=C(/Cc1ccccc1)c1nc2ccccc2[nH]1)/c1cccs1. The predicted octanol–water partition coefficient (Wildman–Crippen LogP) is 4.69. The third-order valence-corrected chi connectivity index (χ3v) is 4.59. The maximum absolute atomic E-state index is 4.67. The summed E-state index contributed by atoms with van der Waals surface area (Å²) in [5.74, 6) is 0.758. The first-order chi connectivity index (χ1) is 12.4. The van der Waals surface area contributed by atoms with Gasteiger partial charge in [-0.05, 0) is 29.1 Å². The summed E-state index contributed by atoms with van der Waals surface area (Å²) in [5, 5.41) is 10.8. The zero-order valence-electron chi connectivity index (χ0n) is 13.5. The molecule has 0 radical (unpaired) electrons. The molecule has 122 valence electrons. The van der Waals surface area contributed by atoms with Crippen LogP contribution in [0.1, 0.15) is 16.3 Å². The van der Waals surface area contributed by atoms with Gasteiger partial charge in [0.1, 0.15) is 5.71 Å². The van der Waals surface area contributed by atoms with Crippen LogP contribution in [0.3, 0.4) is 0 Å². The molecule has 2 aromatic carbocycles. The lowest BCUT2D eigenvalue weighted by molar-refractivity contribution is 1.15. The molecule has 0 aliphatic rings. The third kappa shape index (κ3) is 3.72. The van der Waals surface area contributed by atoms with Crippen molar-refractivity contribution in [1.29, 1.82) is 0 Å². The van der Waals surface area contributed by atoms with E-state index in [9.17, 15) is 0 Å². The maximum Gasteiger partial charge on any atom is 0.155 e. The number of hydrogen-bond donors (Lipinski definition) is 1. The average Bonchev–Trinajstić information content (AvgIpc) is 3.31. The van der Waals surface area contributed by atoms with Gasteiger partial charge in [-0.25, -0.2) is 4.98 Å². The van der Waals surface area contributed by atoms with E-state index in [1.807, 2.05) is 60.0 Å². The molecule has 0 spiro atoms. The summed E-state index contributed by atoms with van der Waals surface area (Å²) < 4.78 is 0. The lowest BCUT2D eigenvalue weighted by Gasteiger charge is -2.02. The Balaban J connectivity index is 1.69. The second-order valence-electron chi connectivity index (χ2n) is 5.57. The van der Waals surface area contributed by atoms with E-state index in [0.717, 1.165) is 27.4 Å². The molecule has 4 nitrogen and oxygen atoms in total. The second-order valence-corrected chi connectivity index (χ2v) is 6.55. The van der Waals surface area contributed by atoms with Gasteiger partial charge in [0.05, 0.1) is 17.2 Å². The molecule has 0 unspecified atom stereocenters. The zero-order valence-corrected chi connectivity index (χ0v) is 14.3. The summed E-state index contributed by atoms with van der Waals surface area (Å²) in [6.45, 7) is 0. The van der Waals surface area contributed by atoms with Crippen LogP contribution in [-0.2, 0) is 6.42 Å². The topological polar surface area (TPSA) is 53.4 Å². The summed E-state index contributed by atoms with van der Waals surface area (Å²) in [4.78, 5) is 9.09. The first-order valence-electron chi connectivity index (χ1n) is 8.01. The molecule has 5 heteroatoms. The van der Waals surface area contributed by atoms with Gasteiger partial charge in [-0.2, -0.15) is 10.2 Å². The van der Waals surface area contributed by atoms with E-state index in [-0.39, 0.29) is 0 Å². The van der Waals surface area contributed by atoms with E-state index in [1.54, 1.807) is 17.6 Å². The largest absolute Gasteiger partial charge is 0.337 e. The number of H-pyrrole nitrogens is 1. The lowest BCUT2D eigenvalue weighted by Crippen LogP contribution is -2.07. The monoisotopic (exact) mass is 344 g/mol. The van der Waals surface area contributed by atoms with Gasteiger partial charge in [0.2, 0.25) is 0 Å². The Labute approximate surface area is 149 Å². The van der Waals surface area contributed by atoms with Crippen LogP contribution in [0.4, 0.5) is 0 Å². The fourth-order valence-corrected chi connectivity index (χ4v) is 3.14. The standard InChI is InChI=1S/C20H16N4S/c1-2-7-15(8-3-1)13-19(24-21-14-16-9-6-12-25-16)20-22-17-10-4-5-11-18(17)23-20/h1-12,14H,13H2,(H,22,23)/b21-14-,24-19-. The number of nitrogens with one attached hydrogen (secondary N) is 1. The maximum atomic E-state index is 4.67. The highest BCUT2D eigenvalue weighted by Gasteiger charge is 2.10. The molecule has 0 atom stereocenters. The van der Waals surface area contributed by atoms with Crippen LogP contribution < -0.4 is 0 Å². The second kappa shape index (κ2) is 7.23. The molecule has 2 aromatic heterocycles. The summed E-state index contributed by atoms with van der Waals surface area (Å²) in [6, 6.07) is 22.2. The molecular weight excluding hydrogens is 328 g/mol. The van der Waals surface area contributed by atoms with E-state index >= 15 is 0 Å². The minimum Gasteiger partial charge on any atom is -0.337 e. The highest BCUT2D eigenvalue weighted by atomic mass is 32.1. The highest BCUT2D eigenvalue weighted by molar-refractivity contribution is 7.11. The Morgan fingerprint density at radius 2 is 1.84 bits per heavy atom. The Morgan fingerprint density at radius 3 is 2.64 bits per heavy atom. The quantitative estimate of drug-likeness (QED) is 0.414. The van der Waals surface area contributed by atoms with Crippen molar-refractivity contribution in [1.82, 2.24) is 9.97 Å². The van der Waals surface area contributed by atoms with Crippen molar-refractivity contribution in [3.05, 3.63) is 88.4 Å². The number of aromatic amines is 1. The molecule has 0 aliphatic heterocycles. The van der Waals surface area contributed by atoms with Crippen molar-refractivity contribution >= 4 is 34.3 Å². The fourth-order valence-electron chi connectivity index (χ4n) is 2.57. The van der Waals surface area contributed by atoms with Gasteiger partial charge < -0.3 is 4.98 Å². The smallest absolute Gasteiger partial charge is 0.155 e. The number of para-hydroxylation sites is 2. The van der Waals surface area contributed by atoms with Gasteiger partial charge in [-0.15, -0.1) is 11.3 Å². The average molecular weight is 344 g/mol. The molecule has 2 heterocycles. The van der Waals surface area contributed by atoms with Crippen LogP contribution in [0.15, 0.2) is 82.3 Å². The summed E-state index contributed by atoms with van der Waals surface area (Å²) in [6.07, 6.45) is 2.45. The molecule has 1 N–H and O–H groups in total. The van der Waals surface area contributed by atoms with Gasteiger partial charge in [-0.3, -0.25) is 0 Å². The number of aromatic nitrogens is 2. The van der Waals surface area contributed by atoms with Crippen molar-refractivity contribution in [2.24, 2.45) is 10.2 Å². The van der Waals surface area contributed by atoms with Crippen molar-refractivity contribution < 1.29 is 0 Å². The van der Waals surface area contributed by atoms with E-state index in [0.29, 0.717) is 6.42 Å². The number of hydrogen-bond acceptors (Lipinski definition) is 4. The normalized spacial score (nSPS) is 12.2. The molecule has 25 heavy (non-hydrogen) atoms. The Kier molecular flexibility index (Phi) is 4.48. The minimum atomic E-state index is 0.669. The molecule has 0 aliphatic carbocycles. The Hall–Kier alpha value is -3.05. The number of fused-ring (bicyclic) bond motifs is 1. The highest BCUT2D eigenvalue weighted by Crippen LogP contribution is 2.13. The molecule has 0 amide bonds. The van der Waals surface area contributed by atoms with Crippen LogP contribution in [0, 0.1) is 0 Å². The van der Waals surface area contributed by atoms with Crippen LogP contribution in [-0.4, -0.2) is 21.9 Å². The van der Waals surface area contributed by atoms with E-state index in [1.165, 1.54) is 5.56 Å². The van der Waals surface area contributed by atoms with Crippen LogP contribution in [0.5, 0.6) is 0 Å². The molecule has 0 saturated heterocycles. The molecule has 4 aromatic rings. The van der Waals surface area contributed by atoms with E-state index < -0.39 is 0 Å². The van der Waals surface area contributed by atoms with Crippen LogP contribution >= 0.6 is 11.3 Å². The van der Waals surface area contributed by atoms with Gasteiger partial charge in [0.15, 0.2) is 5.82 Å². The molecule has 0 saturated carbocycles. The number of nitrogens with zero attached hydrogens (tertiary/aromatic N) is 3. The number of imidazole rings is 1. The first-order valence-corrected chi connectivity index (χ1v) is 8.89. The number of benzene rings is 2. The van der Waals surface area contributed by atoms with E-state index in [4.69, 9.17) is 0 Å². The number of rotatable bonds is 5. The zero-order chi connectivity index (χ0) is 16.9. The molecular formula is C20H16N4S. The van der Waals surface area contributed by atoms with Crippen LogP contribution in [0.25, 0.3) is 11.0 Å². The van der Waals surface area contributed by atoms with Crippen molar-refractivity contribution in [2.45, 2.75) is 6.42 Å². The molecule has 0 bridgehead atoms.